The number of nitrogens with zero attached hydrogens (tertiary/aromatic N) is 1. The first-order chi connectivity index (χ1) is 9.33. The van der Waals surface area contributed by atoms with Gasteiger partial charge in [0.15, 0.2) is 5.03 Å². The minimum absolute atomic E-state index is 0.238. The van der Waals surface area contributed by atoms with E-state index in [1.54, 1.807) is 0 Å². The van der Waals surface area contributed by atoms with Crippen molar-refractivity contribution in [2.75, 3.05) is 4.72 Å². The summed E-state index contributed by atoms with van der Waals surface area (Å²) in [4.78, 5) is 10.9. The number of rotatable bonds is 4. The van der Waals surface area contributed by atoms with E-state index in [9.17, 15) is 17.6 Å². The fraction of sp³-hybridized carbons (Fsp3) is 0.0909. The van der Waals surface area contributed by atoms with Gasteiger partial charge in [0, 0.05) is 0 Å². The zero-order valence-electron chi connectivity index (χ0n) is 10.2. The fourth-order valence-corrected chi connectivity index (χ4v) is 2.81. The second kappa shape index (κ2) is 4.93. The molecule has 7 nitrogen and oxygen atoms in total. The molecule has 1 aromatic carbocycles. The maximum Gasteiger partial charge on any atom is 0.340 e. The summed E-state index contributed by atoms with van der Waals surface area (Å²) in [6.07, 6.45) is 0.866. The Kier molecular flexibility index (Phi) is 3.45. The Morgan fingerprint density at radius 1 is 1.45 bits per heavy atom. The van der Waals surface area contributed by atoms with Crippen LogP contribution < -0.4 is 4.72 Å². The van der Waals surface area contributed by atoms with Gasteiger partial charge in [-0.15, -0.1) is 0 Å². The molecule has 0 unspecified atom stereocenters. The van der Waals surface area contributed by atoms with Crippen LogP contribution in [0.2, 0.25) is 0 Å². The second-order valence-corrected chi connectivity index (χ2v) is 5.57. The van der Waals surface area contributed by atoms with Gasteiger partial charge < -0.3 is 5.11 Å². The van der Waals surface area contributed by atoms with E-state index < -0.39 is 32.4 Å². The molecular formula is C11H10FN3O4S. The molecule has 0 atom stereocenters. The van der Waals surface area contributed by atoms with Gasteiger partial charge in [0.05, 0.1) is 11.9 Å². The lowest BCUT2D eigenvalue weighted by Crippen LogP contribution is -2.18. The van der Waals surface area contributed by atoms with Gasteiger partial charge in [-0.25, -0.2) is 9.18 Å². The highest BCUT2D eigenvalue weighted by Gasteiger charge is 2.26. The fourth-order valence-electron chi connectivity index (χ4n) is 1.58. The number of hydrogen-bond donors (Lipinski definition) is 3. The summed E-state index contributed by atoms with van der Waals surface area (Å²) >= 11 is 0. The van der Waals surface area contributed by atoms with E-state index in [0.717, 1.165) is 12.3 Å². The van der Waals surface area contributed by atoms with Gasteiger partial charge in [-0.05, 0) is 18.6 Å². The summed E-state index contributed by atoms with van der Waals surface area (Å²) in [5.41, 5.74) is -0.394. The van der Waals surface area contributed by atoms with Gasteiger partial charge in [-0.2, -0.15) is 13.5 Å². The van der Waals surface area contributed by atoms with Crippen molar-refractivity contribution in [3.05, 3.63) is 41.3 Å². The Bertz CT molecular complexity index is 749. The van der Waals surface area contributed by atoms with Crippen LogP contribution in [-0.4, -0.2) is 29.7 Å². The number of para-hydroxylation sites is 1. The van der Waals surface area contributed by atoms with E-state index in [1.165, 1.54) is 19.1 Å². The first-order valence-electron chi connectivity index (χ1n) is 5.37. The minimum atomic E-state index is -4.28. The van der Waals surface area contributed by atoms with Gasteiger partial charge >= 0.3 is 5.97 Å². The highest BCUT2D eigenvalue weighted by atomic mass is 32.2. The standard InChI is InChI=1S/C11H10FN3O4S/c1-6-3-2-4-8(12)9(6)15-20(18,19)10-7(11(16)17)5-13-14-10/h2-5,15H,1H3,(H,13,14)(H,16,17). The smallest absolute Gasteiger partial charge is 0.340 e. The number of sulfonamides is 1. The van der Waals surface area contributed by atoms with Crippen LogP contribution in [0.15, 0.2) is 29.4 Å². The van der Waals surface area contributed by atoms with Crippen molar-refractivity contribution in [2.24, 2.45) is 0 Å². The highest BCUT2D eigenvalue weighted by molar-refractivity contribution is 7.92. The maximum absolute atomic E-state index is 13.6. The molecule has 0 fully saturated rings. The number of hydrogen-bond acceptors (Lipinski definition) is 4. The number of carboxylic acids is 1. The zero-order chi connectivity index (χ0) is 14.9. The average molecular weight is 299 g/mol. The van der Waals surface area contributed by atoms with Crippen molar-refractivity contribution in [1.82, 2.24) is 10.2 Å². The summed E-state index contributed by atoms with van der Waals surface area (Å²) in [6, 6.07) is 4.04. The molecule has 106 valence electrons. The van der Waals surface area contributed by atoms with Crippen LogP contribution in [0.4, 0.5) is 10.1 Å². The molecule has 0 spiro atoms. The molecule has 0 bridgehead atoms. The van der Waals surface area contributed by atoms with E-state index in [4.69, 9.17) is 5.11 Å². The molecule has 2 aromatic rings. The third kappa shape index (κ3) is 2.48. The quantitative estimate of drug-likeness (QED) is 0.789. The van der Waals surface area contributed by atoms with E-state index in [-0.39, 0.29) is 5.69 Å². The molecule has 0 aliphatic rings. The number of carboxylic acid groups (broad SMARTS) is 1. The van der Waals surface area contributed by atoms with Crippen molar-refractivity contribution < 1.29 is 22.7 Å². The Morgan fingerprint density at radius 3 is 2.75 bits per heavy atom. The number of nitrogens with one attached hydrogen (secondary N) is 2. The summed E-state index contributed by atoms with van der Waals surface area (Å²) in [5, 5.41) is 13.7. The number of H-pyrrole nitrogens is 1. The first-order valence-corrected chi connectivity index (χ1v) is 6.86. The van der Waals surface area contributed by atoms with Gasteiger partial charge in [-0.3, -0.25) is 9.82 Å². The van der Waals surface area contributed by atoms with E-state index in [2.05, 4.69) is 10.2 Å². The second-order valence-electron chi connectivity index (χ2n) is 3.96. The summed E-state index contributed by atoms with van der Waals surface area (Å²) in [5.74, 6) is -2.21. The number of aromatic amines is 1. The molecular weight excluding hydrogens is 289 g/mol. The molecule has 20 heavy (non-hydrogen) atoms. The van der Waals surface area contributed by atoms with Gasteiger partial charge in [-0.1, -0.05) is 12.1 Å². The van der Waals surface area contributed by atoms with Crippen molar-refractivity contribution in [1.29, 1.82) is 0 Å². The highest BCUT2D eigenvalue weighted by Crippen LogP contribution is 2.23. The monoisotopic (exact) mass is 299 g/mol. The molecule has 0 aliphatic heterocycles. The first kappa shape index (κ1) is 14.0. The minimum Gasteiger partial charge on any atom is -0.478 e. The topological polar surface area (TPSA) is 112 Å². The molecule has 1 heterocycles. The maximum atomic E-state index is 13.6. The third-order valence-electron chi connectivity index (χ3n) is 2.56. The van der Waals surface area contributed by atoms with Crippen LogP contribution in [0.3, 0.4) is 0 Å². The van der Waals surface area contributed by atoms with Gasteiger partial charge in [0.25, 0.3) is 10.0 Å². The van der Waals surface area contributed by atoms with Crippen molar-refractivity contribution in [2.45, 2.75) is 11.9 Å². The lowest BCUT2D eigenvalue weighted by Gasteiger charge is -2.10. The molecule has 3 N–H and O–H groups in total. The largest absolute Gasteiger partial charge is 0.478 e. The van der Waals surface area contributed by atoms with Crippen LogP contribution >= 0.6 is 0 Å². The molecule has 0 radical (unpaired) electrons. The number of aryl methyl sites for hydroxylation is 1. The number of aromatic carboxylic acids is 1. The molecule has 0 saturated carbocycles. The Balaban J connectivity index is 2.47. The van der Waals surface area contributed by atoms with Crippen LogP contribution in [0, 0.1) is 12.7 Å². The number of benzene rings is 1. The number of halogens is 1. The summed E-state index contributed by atoms with van der Waals surface area (Å²) in [6.45, 7) is 1.52. The molecule has 0 aliphatic carbocycles. The molecule has 0 amide bonds. The van der Waals surface area contributed by atoms with Crippen molar-refractivity contribution in [3.8, 4) is 0 Å². The van der Waals surface area contributed by atoms with Crippen LogP contribution in [-0.2, 0) is 10.0 Å². The Hall–Kier alpha value is -2.42. The number of aromatic nitrogens is 2. The van der Waals surface area contributed by atoms with Crippen LogP contribution in [0.1, 0.15) is 15.9 Å². The van der Waals surface area contributed by atoms with Crippen molar-refractivity contribution >= 4 is 21.7 Å². The summed E-state index contributed by atoms with van der Waals surface area (Å²) < 4.78 is 39.8. The number of anilines is 1. The number of carbonyl (C=O) groups is 1. The predicted octanol–water partition coefficient (Wildman–Crippen LogP) is 1.36. The average Bonchev–Trinajstić information content (AvgIpc) is 2.84. The van der Waals surface area contributed by atoms with Gasteiger partial charge in [0.2, 0.25) is 0 Å². The van der Waals surface area contributed by atoms with Crippen LogP contribution in [0.5, 0.6) is 0 Å². The molecule has 1 aromatic heterocycles. The lowest BCUT2D eigenvalue weighted by molar-refractivity contribution is 0.0692. The van der Waals surface area contributed by atoms with Crippen molar-refractivity contribution in [3.63, 3.8) is 0 Å². The van der Waals surface area contributed by atoms with E-state index in [1.807, 2.05) is 4.72 Å². The Morgan fingerprint density at radius 2 is 2.15 bits per heavy atom. The third-order valence-corrected chi connectivity index (χ3v) is 3.88. The summed E-state index contributed by atoms with van der Waals surface area (Å²) in [7, 11) is -4.28. The zero-order valence-corrected chi connectivity index (χ0v) is 11.0. The molecule has 2 rings (SSSR count). The Labute approximate surface area is 113 Å². The lowest BCUT2D eigenvalue weighted by atomic mass is 10.2. The van der Waals surface area contributed by atoms with E-state index in [0.29, 0.717) is 5.56 Å². The molecule has 9 heteroatoms. The van der Waals surface area contributed by atoms with E-state index >= 15 is 0 Å². The normalized spacial score (nSPS) is 11.3. The van der Waals surface area contributed by atoms with Gasteiger partial charge in [0.1, 0.15) is 11.4 Å². The molecule has 0 saturated heterocycles. The SMILES string of the molecule is Cc1cccc(F)c1NS(=O)(=O)c1[nH]ncc1C(=O)O. The van der Waals surface area contributed by atoms with Crippen LogP contribution in [0.25, 0.3) is 0 Å². The predicted molar refractivity (Wildman–Crippen MR) is 67.5 cm³/mol.